The Morgan fingerprint density at radius 1 is 1.19 bits per heavy atom. The Kier molecular flexibility index (Phi) is 5.55. The number of aryl methyl sites for hydroxylation is 1. The normalized spacial score (nSPS) is 10.9. The van der Waals surface area contributed by atoms with Gasteiger partial charge >= 0.3 is 0 Å². The quantitative estimate of drug-likeness (QED) is 0.515. The van der Waals surface area contributed by atoms with E-state index in [0.29, 0.717) is 6.42 Å². The van der Waals surface area contributed by atoms with Crippen molar-refractivity contribution in [3.8, 4) is 0 Å². The van der Waals surface area contributed by atoms with Gasteiger partial charge in [0, 0.05) is 6.42 Å². The minimum Gasteiger partial charge on any atom is -0.295 e. The minimum absolute atomic E-state index is 0.231. The molecule has 0 radical (unpaired) electrons. The fourth-order valence-corrected chi connectivity index (χ4v) is 1.50. The molecule has 0 unspecified atom stereocenters. The first kappa shape index (κ1) is 12.7. The van der Waals surface area contributed by atoms with Gasteiger partial charge in [-0.3, -0.25) is 4.79 Å². The Labute approximate surface area is 98.2 Å². The predicted molar refractivity (Wildman–Crippen MR) is 69.4 cm³/mol. The Morgan fingerprint density at radius 3 is 2.50 bits per heavy atom. The molecule has 1 rings (SSSR count). The summed E-state index contributed by atoms with van der Waals surface area (Å²) in [5, 5.41) is 0. The van der Waals surface area contributed by atoms with Crippen LogP contribution in [0.4, 0.5) is 0 Å². The zero-order valence-electron chi connectivity index (χ0n) is 10.2. The predicted octanol–water partition coefficient (Wildman–Crippen LogP) is 4.16. The molecular weight excluding hydrogens is 196 g/mol. The first-order valence-electron chi connectivity index (χ1n) is 6.00. The smallest absolute Gasteiger partial charge is 0.155 e. The lowest BCUT2D eigenvalue weighted by Gasteiger charge is -1.96. The van der Waals surface area contributed by atoms with E-state index in [0.717, 1.165) is 24.8 Å². The van der Waals surface area contributed by atoms with E-state index < -0.39 is 0 Å². The minimum atomic E-state index is 0.231. The summed E-state index contributed by atoms with van der Waals surface area (Å²) in [6.45, 7) is 4.20. The Morgan fingerprint density at radius 2 is 1.88 bits per heavy atom. The first-order valence-corrected chi connectivity index (χ1v) is 6.00. The lowest BCUT2D eigenvalue weighted by Crippen LogP contribution is -1.91. The summed E-state index contributed by atoms with van der Waals surface area (Å²) in [6.07, 6.45) is 7.58. The second-order valence-corrected chi connectivity index (χ2v) is 4.17. The third kappa shape index (κ3) is 4.92. The molecule has 86 valence electrons. The van der Waals surface area contributed by atoms with Crippen LogP contribution in [0, 0.1) is 6.92 Å². The van der Waals surface area contributed by atoms with Crippen molar-refractivity contribution in [2.45, 2.75) is 39.5 Å². The van der Waals surface area contributed by atoms with Crippen molar-refractivity contribution in [1.82, 2.24) is 0 Å². The van der Waals surface area contributed by atoms with E-state index in [9.17, 15) is 4.79 Å². The van der Waals surface area contributed by atoms with Gasteiger partial charge in [0.25, 0.3) is 0 Å². The topological polar surface area (TPSA) is 17.1 Å². The van der Waals surface area contributed by atoms with E-state index in [2.05, 4.69) is 26.0 Å². The van der Waals surface area contributed by atoms with Gasteiger partial charge in [-0.05, 0) is 25.0 Å². The molecule has 0 saturated carbocycles. The number of carbonyl (C=O) groups excluding carboxylic acids is 1. The van der Waals surface area contributed by atoms with E-state index >= 15 is 0 Å². The molecule has 1 nitrogen and oxygen atoms in total. The average Bonchev–Trinajstić information content (AvgIpc) is 2.29. The van der Waals surface area contributed by atoms with Gasteiger partial charge in [-0.1, -0.05) is 55.7 Å². The lowest BCUT2D eigenvalue weighted by molar-refractivity contribution is -0.114. The van der Waals surface area contributed by atoms with Crippen LogP contribution in [0.15, 0.2) is 30.3 Å². The van der Waals surface area contributed by atoms with Crippen LogP contribution >= 0.6 is 0 Å². The van der Waals surface area contributed by atoms with Gasteiger partial charge in [0.1, 0.15) is 0 Å². The van der Waals surface area contributed by atoms with Crippen molar-refractivity contribution in [1.29, 1.82) is 0 Å². The Hall–Kier alpha value is -1.37. The van der Waals surface area contributed by atoms with Crippen molar-refractivity contribution in [2.75, 3.05) is 0 Å². The van der Waals surface area contributed by atoms with E-state index in [4.69, 9.17) is 0 Å². The summed E-state index contributed by atoms with van der Waals surface area (Å²) in [5.74, 6) is 0.231. The molecule has 1 aromatic rings. The molecule has 0 aliphatic carbocycles. The van der Waals surface area contributed by atoms with Gasteiger partial charge < -0.3 is 0 Å². The maximum atomic E-state index is 11.5. The summed E-state index contributed by atoms with van der Waals surface area (Å²) in [4.78, 5) is 11.5. The molecule has 0 fully saturated rings. The van der Waals surface area contributed by atoms with Crippen LogP contribution < -0.4 is 0 Å². The first-order chi connectivity index (χ1) is 7.72. The lowest BCUT2D eigenvalue weighted by atomic mass is 10.1. The maximum Gasteiger partial charge on any atom is 0.155 e. The Balaban J connectivity index is 2.41. The number of unbranched alkanes of at least 4 members (excludes halogenated alkanes) is 2. The van der Waals surface area contributed by atoms with Gasteiger partial charge in [-0.2, -0.15) is 0 Å². The molecule has 1 aromatic carbocycles. The third-order valence-corrected chi connectivity index (χ3v) is 2.57. The fourth-order valence-electron chi connectivity index (χ4n) is 1.50. The number of hydrogen-bond acceptors (Lipinski definition) is 1. The van der Waals surface area contributed by atoms with Crippen LogP contribution in [0.25, 0.3) is 6.08 Å². The van der Waals surface area contributed by atoms with Crippen molar-refractivity contribution < 1.29 is 4.79 Å². The molecule has 0 saturated heterocycles. The van der Waals surface area contributed by atoms with Crippen LogP contribution in [-0.4, -0.2) is 5.78 Å². The number of rotatable bonds is 6. The molecule has 0 aromatic heterocycles. The van der Waals surface area contributed by atoms with Crippen LogP contribution in [0.3, 0.4) is 0 Å². The Bertz CT molecular complexity index is 346. The monoisotopic (exact) mass is 216 g/mol. The van der Waals surface area contributed by atoms with Crippen LogP contribution in [0.2, 0.25) is 0 Å². The maximum absolute atomic E-state index is 11.5. The molecule has 16 heavy (non-hydrogen) atoms. The van der Waals surface area contributed by atoms with Crippen molar-refractivity contribution in [2.24, 2.45) is 0 Å². The van der Waals surface area contributed by atoms with Crippen molar-refractivity contribution >= 4 is 11.9 Å². The molecule has 0 bridgehead atoms. The highest BCUT2D eigenvalue weighted by Gasteiger charge is 1.95. The van der Waals surface area contributed by atoms with Gasteiger partial charge in [0.2, 0.25) is 0 Å². The number of ketones is 1. The molecule has 0 aliphatic rings. The zero-order valence-corrected chi connectivity index (χ0v) is 10.2. The molecule has 0 aliphatic heterocycles. The summed E-state index contributed by atoms with van der Waals surface area (Å²) < 4.78 is 0. The average molecular weight is 216 g/mol. The van der Waals surface area contributed by atoms with Gasteiger partial charge in [0.15, 0.2) is 5.78 Å². The molecule has 0 atom stereocenters. The molecule has 1 heteroatoms. The number of allylic oxidation sites excluding steroid dienone is 1. The van der Waals surface area contributed by atoms with Crippen molar-refractivity contribution in [3.05, 3.63) is 41.5 Å². The van der Waals surface area contributed by atoms with Gasteiger partial charge in [-0.25, -0.2) is 0 Å². The van der Waals surface area contributed by atoms with Gasteiger partial charge in [-0.15, -0.1) is 0 Å². The van der Waals surface area contributed by atoms with E-state index in [1.165, 1.54) is 5.56 Å². The van der Waals surface area contributed by atoms with Gasteiger partial charge in [0.05, 0.1) is 0 Å². The largest absolute Gasteiger partial charge is 0.295 e. The molecule has 0 N–H and O–H groups in total. The molecule has 0 amide bonds. The van der Waals surface area contributed by atoms with Crippen LogP contribution in [0.5, 0.6) is 0 Å². The van der Waals surface area contributed by atoms with E-state index in [-0.39, 0.29) is 5.78 Å². The number of benzene rings is 1. The summed E-state index contributed by atoms with van der Waals surface area (Å²) >= 11 is 0. The van der Waals surface area contributed by atoms with E-state index in [1.807, 2.05) is 18.2 Å². The summed E-state index contributed by atoms with van der Waals surface area (Å²) in [5.41, 5.74) is 2.33. The van der Waals surface area contributed by atoms with Crippen molar-refractivity contribution in [3.63, 3.8) is 0 Å². The van der Waals surface area contributed by atoms with E-state index in [1.54, 1.807) is 6.08 Å². The summed E-state index contributed by atoms with van der Waals surface area (Å²) in [6, 6.07) is 8.18. The highest BCUT2D eigenvalue weighted by atomic mass is 16.1. The second-order valence-electron chi connectivity index (χ2n) is 4.17. The number of hydrogen-bond donors (Lipinski definition) is 0. The highest BCUT2D eigenvalue weighted by Crippen LogP contribution is 2.06. The van der Waals surface area contributed by atoms with Crippen LogP contribution in [0.1, 0.15) is 43.7 Å². The third-order valence-electron chi connectivity index (χ3n) is 2.57. The second kappa shape index (κ2) is 7.00. The molecule has 0 heterocycles. The molecular formula is C15H20O. The van der Waals surface area contributed by atoms with Crippen LogP contribution in [-0.2, 0) is 4.79 Å². The SMILES string of the molecule is CCCCCC(=O)/C=C\c1ccc(C)cc1. The fraction of sp³-hybridized carbons (Fsp3) is 0.400. The number of carbonyl (C=O) groups is 1. The summed E-state index contributed by atoms with van der Waals surface area (Å²) in [7, 11) is 0. The highest BCUT2D eigenvalue weighted by molar-refractivity contribution is 5.93. The standard InChI is InChI=1S/C15H20O/c1-3-4-5-6-15(16)12-11-14-9-7-13(2)8-10-14/h7-12H,3-6H2,1-2H3/b12-11-. The molecule has 0 spiro atoms. The zero-order chi connectivity index (χ0) is 11.8.